The maximum atomic E-state index is 5.86. The van der Waals surface area contributed by atoms with E-state index in [1.54, 1.807) is 6.07 Å². The lowest BCUT2D eigenvalue weighted by Crippen LogP contribution is -2.14. The summed E-state index contributed by atoms with van der Waals surface area (Å²) in [4.78, 5) is 10.7. The third kappa shape index (κ3) is 4.03. The van der Waals surface area contributed by atoms with E-state index >= 15 is 0 Å². The molecule has 0 fully saturated rings. The standard InChI is InChI=1S/C13H19ClO2/c1-4-6-12(5-2)15-16-13-8-7-11(14)9-10(13)3/h7-9,12H,4-6H2,1-3H3. The fraction of sp³-hybridized carbons (Fsp3) is 0.538. The maximum Gasteiger partial charge on any atom is 0.168 e. The topological polar surface area (TPSA) is 18.5 Å². The Hall–Kier alpha value is -0.730. The summed E-state index contributed by atoms with van der Waals surface area (Å²) in [5, 5.41) is 0.713. The van der Waals surface area contributed by atoms with Gasteiger partial charge in [0.2, 0.25) is 0 Å². The minimum Gasteiger partial charge on any atom is -0.337 e. The van der Waals surface area contributed by atoms with Crippen LogP contribution >= 0.6 is 11.6 Å². The molecule has 0 aliphatic heterocycles. The molecule has 0 bridgehead atoms. The average molecular weight is 243 g/mol. The SMILES string of the molecule is CCCC(CC)OOc1ccc(Cl)cc1C. The molecule has 0 aliphatic carbocycles. The molecular weight excluding hydrogens is 224 g/mol. The molecule has 1 aromatic carbocycles. The van der Waals surface area contributed by atoms with Gasteiger partial charge >= 0.3 is 0 Å². The van der Waals surface area contributed by atoms with Crippen molar-refractivity contribution in [2.75, 3.05) is 0 Å². The van der Waals surface area contributed by atoms with E-state index in [2.05, 4.69) is 13.8 Å². The van der Waals surface area contributed by atoms with E-state index < -0.39 is 0 Å². The Morgan fingerprint density at radius 1 is 1.31 bits per heavy atom. The van der Waals surface area contributed by atoms with Crippen molar-refractivity contribution in [1.29, 1.82) is 0 Å². The first-order chi connectivity index (χ1) is 7.67. The highest BCUT2D eigenvalue weighted by Gasteiger charge is 2.08. The van der Waals surface area contributed by atoms with E-state index in [-0.39, 0.29) is 6.10 Å². The van der Waals surface area contributed by atoms with E-state index in [4.69, 9.17) is 21.4 Å². The molecule has 0 amide bonds. The molecule has 0 aromatic heterocycles. The lowest BCUT2D eigenvalue weighted by Gasteiger charge is -2.15. The molecule has 0 heterocycles. The summed E-state index contributed by atoms with van der Waals surface area (Å²) in [5.74, 6) is 0.735. The summed E-state index contributed by atoms with van der Waals surface area (Å²) >= 11 is 5.86. The summed E-state index contributed by atoms with van der Waals surface area (Å²) in [6.45, 7) is 6.18. The summed E-state index contributed by atoms with van der Waals surface area (Å²) in [6, 6.07) is 5.49. The molecule has 16 heavy (non-hydrogen) atoms. The Kier molecular flexibility index (Phi) is 5.64. The monoisotopic (exact) mass is 242 g/mol. The van der Waals surface area contributed by atoms with Gasteiger partial charge in [-0.05, 0) is 43.5 Å². The smallest absolute Gasteiger partial charge is 0.168 e. The minimum absolute atomic E-state index is 0.167. The van der Waals surface area contributed by atoms with Gasteiger partial charge in [-0.3, -0.25) is 0 Å². The van der Waals surface area contributed by atoms with Gasteiger partial charge in [0.15, 0.2) is 5.75 Å². The highest BCUT2D eigenvalue weighted by molar-refractivity contribution is 6.30. The van der Waals surface area contributed by atoms with Crippen molar-refractivity contribution >= 4 is 11.6 Å². The third-order valence-corrected chi connectivity index (χ3v) is 2.71. The molecule has 1 atom stereocenters. The molecule has 0 spiro atoms. The Morgan fingerprint density at radius 2 is 2.06 bits per heavy atom. The van der Waals surface area contributed by atoms with E-state index in [0.29, 0.717) is 5.02 Å². The Morgan fingerprint density at radius 3 is 2.62 bits per heavy atom. The van der Waals surface area contributed by atoms with Crippen LogP contribution in [0.5, 0.6) is 5.75 Å². The number of rotatable bonds is 6. The first-order valence-corrected chi connectivity index (χ1v) is 6.14. The van der Waals surface area contributed by atoms with Crippen LogP contribution in [0.1, 0.15) is 38.7 Å². The number of hydrogen-bond donors (Lipinski definition) is 0. The number of halogens is 1. The maximum absolute atomic E-state index is 5.86. The zero-order chi connectivity index (χ0) is 12.0. The normalized spacial score (nSPS) is 12.5. The van der Waals surface area contributed by atoms with Gasteiger partial charge in [0.25, 0.3) is 0 Å². The zero-order valence-electron chi connectivity index (χ0n) is 10.1. The van der Waals surface area contributed by atoms with Gasteiger partial charge in [0, 0.05) is 5.02 Å². The number of hydrogen-bond acceptors (Lipinski definition) is 2. The summed E-state index contributed by atoms with van der Waals surface area (Å²) in [5.41, 5.74) is 0.985. The van der Waals surface area contributed by atoms with Crippen molar-refractivity contribution in [2.24, 2.45) is 0 Å². The third-order valence-electron chi connectivity index (χ3n) is 2.48. The van der Waals surface area contributed by atoms with Crippen LogP contribution < -0.4 is 4.89 Å². The van der Waals surface area contributed by atoms with Crippen molar-refractivity contribution in [3.05, 3.63) is 28.8 Å². The molecule has 2 nitrogen and oxygen atoms in total. The zero-order valence-corrected chi connectivity index (χ0v) is 10.9. The molecule has 0 N–H and O–H groups in total. The second kappa shape index (κ2) is 6.77. The number of aryl methyl sites for hydroxylation is 1. The fourth-order valence-electron chi connectivity index (χ4n) is 1.47. The van der Waals surface area contributed by atoms with E-state index in [1.165, 1.54) is 0 Å². The molecule has 1 rings (SSSR count). The second-order valence-electron chi connectivity index (χ2n) is 3.91. The van der Waals surface area contributed by atoms with Crippen LogP contribution in [0.2, 0.25) is 5.02 Å². The van der Waals surface area contributed by atoms with E-state index in [1.807, 2.05) is 19.1 Å². The van der Waals surface area contributed by atoms with Gasteiger partial charge < -0.3 is 4.89 Å². The van der Waals surface area contributed by atoms with Crippen molar-refractivity contribution in [3.63, 3.8) is 0 Å². The lowest BCUT2D eigenvalue weighted by molar-refractivity contribution is -0.247. The highest BCUT2D eigenvalue weighted by atomic mass is 35.5. The molecule has 0 aliphatic rings. The Balaban J connectivity index is 2.53. The molecule has 0 saturated carbocycles. The summed E-state index contributed by atoms with van der Waals surface area (Å²) in [6.07, 6.45) is 3.24. The van der Waals surface area contributed by atoms with Gasteiger partial charge in [-0.1, -0.05) is 31.9 Å². The van der Waals surface area contributed by atoms with E-state index in [9.17, 15) is 0 Å². The predicted molar refractivity (Wildman–Crippen MR) is 66.9 cm³/mol. The van der Waals surface area contributed by atoms with Crippen LogP contribution in [0.4, 0.5) is 0 Å². The van der Waals surface area contributed by atoms with Crippen LogP contribution in [0, 0.1) is 6.92 Å². The summed E-state index contributed by atoms with van der Waals surface area (Å²) < 4.78 is 0. The van der Waals surface area contributed by atoms with Crippen LogP contribution in [0.25, 0.3) is 0 Å². The highest BCUT2D eigenvalue weighted by Crippen LogP contribution is 2.22. The van der Waals surface area contributed by atoms with Crippen molar-refractivity contribution in [2.45, 2.75) is 46.1 Å². The first-order valence-electron chi connectivity index (χ1n) is 5.76. The quantitative estimate of drug-likeness (QED) is 0.539. The van der Waals surface area contributed by atoms with Crippen LogP contribution in [0.3, 0.4) is 0 Å². The predicted octanol–water partition coefficient (Wildman–Crippen LogP) is 4.54. The lowest BCUT2D eigenvalue weighted by atomic mass is 10.2. The van der Waals surface area contributed by atoms with Gasteiger partial charge in [-0.2, -0.15) is 4.89 Å². The van der Waals surface area contributed by atoms with Crippen LogP contribution in [0.15, 0.2) is 18.2 Å². The summed E-state index contributed by atoms with van der Waals surface area (Å²) in [7, 11) is 0. The first kappa shape index (κ1) is 13.3. The van der Waals surface area contributed by atoms with Crippen molar-refractivity contribution < 1.29 is 9.78 Å². The van der Waals surface area contributed by atoms with Crippen LogP contribution in [-0.4, -0.2) is 6.10 Å². The van der Waals surface area contributed by atoms with E-state index in [0.717, 1.165) is 30.6 Å². The molecule has 3 heteroatoms. The average Bonchev–Trinajstić information content (AvgIpc) is 2.26. The Labute approximate surface area is 102 Å². The molecule has 90 valence electrons. The Bertz CT molecular complexity index is 326. The van der Waals surface area contributed by atoms with Crippen molar-refractivity contribution in [1.82, 2.24) is 0 Å². The molecule has 0 radical (unpaired) electrons. The molecule has 1 aromatic rings. The number of benzene rings is 1. The molecular formula is C13H19ClO2. The fourth-order valence-corrected chi connectivity index (χ4v) is 1.70. The largest absolute Gasteiger partial charge is 0.337 e. The van der Waals surface area contributed by atoms with Gasteiger partial charge in [-0.15, -0.1) is 0 Å². The molecule has 0 saturated heterocycles. The molecule has 1 unspecified atom stereocenters. The second-order valence-corrected chi connectivity index (χ2v) is 4.34. The minimum atomic E-state index is 0.167. The van der Waals surface area contributed by atoms with Crippen LogP contribution in [-0.2, 0) is 4.89 Å². The van der Waals surface area contributed by atoms with Gasteiger partial charge in [0.05, 0.1) is 0 Å². The van der Waals surface area contributed by atoms with Gasteiger partial charge in [0.1, 0.15) is 6.10 Å². The van der Waals surface area contributed by atoms with Gasteiger partial charge in [-0.25, -0.2) is 0 Å². The van der Waals surface area contributed by atoms with Crippen molar-refractivity contribution in [3.8, 4) is 5.75 Å².